The number of carbonyl (C=O) groups excluding carboxylic acids is 1. The van der Waals surface area contributed by atoms with E-state index in [4.69, 9.17) is 4.74 Å². The van der Waals surface area contributed by atoms with Crippen molar-refractivity contribution in [3.05, 3.63) is 99.6 Å². The molecule has 0 atom stereocenters. The summed E-state index contributed by atoms with van der Waals surface area (Å²) in [5, 5.41) is 10.8. The van der Waals surface area contributed by atoms with E-state index in [9.17, 15) is 14.9 Å². The molecule has 0 unspecified atom stereocenters. The van der Waals surface area contributed by atoms with Crippen molar-refractivity contribution in [1.29, 1.82) is 0 Å². The number of hydrogen-bond donors (Lipinski definition) is 0. The van der Waals surface area contributed by atoms with Gasteiger partial charge in [-0.05, 0) is 30.3 Å². The molecule has 0 N–H and O–H groups in total. The van der Waals surface area contributed by atoms with Crippen LogP contribution in [0.2, 0.25) is 0 Å². The topological polar surface area (TPSA) is 69.4 Å². The third kappa shape index (κ3) is 3.94. The minimum absolute atomic E-state index is 0.102. The maximum absolute atomic E-state index is 11.3. The van der Waals surface area contributed by atoms with Crippen LogP contribution in [0.1, 0.15) is 21.5 Å². The standard InChI is InChI=1S/C21H13NO4/c23-15-18-14-19(22(24)25)12-13-21(18)26-20-9-5-4-8-17(20)11-10-16-6-2-1-3-7-16/h1-9,12-15H. The summed E-state index contributed by atoms with van der Waals surface area (Å²) in [4.78, 5) is 21.5. The molecule has 0 aliphatic carbocycles. The highest BCUT2D eigenvalue weighted by Gasteiger charge is 2.13. The number of ether oxygens (including phenoxy) is 1. The van der Waals surface area contributed by atoms with Crippen molar-refractivity contribution in [3.8, 4) is 23.3 Å². The molecular weight excluding hydrogens is 330 g/mol. The van der Waals surface area contributed by atoms with Gasteiger partial charge >= 0.3 is 0 Å². The van der Waals surface area contributed by atoms with Crippen LogP contribution in [0.5, 0.6) is 11.5 Å². The summed E-state index contributed by atoms with van der Waals surface area (Å²) in [6.07, 6.45) is 0.528. The van der Waals surface area contributed by atoms with Gasteiger partial charge in [0, 0.05) is 17.7 Å². The highest BCUT2D eigenvalue weighted by molar-refractivity contribution is 5.81. The van der Waals surface area contributed by atoms with Gasteiger partial charge in [-0.15, -0.1) is 0 Å². The van der Waals surface area contributed by atoms with Crippen LogP contribution in [0, 0.1) is 22.0 Å². The number of nitrogens with zero attached hydrogens (tertiary/aromatic N) is 1. The average Bonchev–Trinajstić information content (AvgIpc) is 2.68. The quantitative estimate of drug-likeness (QED) is 0.300. The molecule has 0 spiro atoms. The van der Waals surface area contributed by atoms with Crippen molar-refractivity contribution in [2.45, 2.75) is 0 Å². The molecule has 126 valence electrons. The van der Waals surface area contributed by atoms with Gasteiger partial charge in [0.15, 0.2) is 6.29 Å². The molecule has 0 fully saturated rings. The molecule has 5 heteroatoms. The van der Waals surface area contributed by atoms with Crippen LogP contribution < -0.4 is 4.74 Å². The van der Waals surface area contributed by atoms with Gasteiger partial charge in [-0.2, -0.15) is 0 Å². The smallest absolute Gasteiger partial charge is 0.270 e. The Morgan fingerprint density at radius 3 is 2.35 bits per heavy atom. The molecule has 26 heavy (non-hydrogen) atoms. The summed E-state index contributed by atoms with van der Waals surface area (Å²) in [5.74, 6) is 6.80. The van der Waals surface area contributed by atoms with E-state index in [1.807, 2.05) is 36.4 Å². The normalized spacial score (nSPS) is 9.69. The Hall–Kier alpha value is -3.91. The van der Waals surface area contributed by atoms with E-state index in [-0.39, 0.29) is 17.0 Å². The van der Waals surface area contributed by atoms with Crippen LogP contribution >= 0.6 is 0 Å². The second-order valence-electron chi connectivity index (χ2n) is 5.31. The fourth-order valence-electron chi connectivity index (χ4n) is 2.27. The fraction of sp³-hybridized carbons (Fsp3) is 0. The monoisotopic (exact) mass is 343 g/mol. The van der Waals surface area contributed by atoms with Gasteiger partial charge in [-0.3, -0.25) is 14.9 Å². The molecule has 5 nitrogen and oxygen atoms in total. The van der Waals surface area contributed by atoms with Gasteiger partial charge in [0.05, 0.1) is 16.1 Å². The third-order valence-corrected chi connectivity index (χ3v) is 3.55. The first-order valence-corrected chi connectivity index (χ1v) is 7.75. The fourth-order valence-corrected chi connectivity index (χ4v) is 2.27. The molecular formula is C21H13NO4. The third-order valence-electron chi connectivity index (χ3n) is 3.55. The molecule has 0 radical (unpaired) electrons. The lowest BCUT2D eigenvalue weighted by Gasteiger charge is -2.09. The van der Waals surface area contributed by atoms with Crippen molar-refractivity contribution in [1.82, 2.24) is 0 Å². The summed E-state index contributed by atoms with van der Waals surface area (Å²) < 4.78 is 5.80. The van der Waals surface area contributed by atoms with Crippen molar-refractivity contribution < 1.29 is 14.5 Å². The summed E-state index contributed by atoms with van der Waals surface area (Å²) in [6, 6.07) is 20.5. The number of benzene rings is 3. The van der Waals surface area contributed by atoms with Crippen LogP contribution in [-0.4, -0.2) is 11.2 Å². The minimum atomic E-state index is -0.559. The Bertz CT molecular complexity index is 1020. The van der Waals surface area contributed by atoms with Crippen LogP contribution in [0.3, 0.4) is 0 Å². The maximum Gasteiger partial charge on any atom is 0.270 e. The van der Waals surface area contributed by atoms with Crippen molar-refractivity contribution in [2.75, 3.05) is 0 Å². The van der Waals surface area contributed by atoms with Crippen LogP contribution in [0.4, 0.5) is 5.69 Å². The van der Waals surface area contributed by atoms with Crippen LogP contribution in [-0.2, 0) is 0 Å². The summed E-state index contributed by atoms with van der Waals surface area (Å²) in [5.41, 5.74) is 1.44. The largest absolute Gasteiger partial charge is 0.455 e. The van der Waals surface area contributed by atoms with Gasteiger partial charge in [-0.25, -0.2) is 0 Å². The van der Waals surface area contributed by atoms with E-state index in [0.29, 0.717) is 17.6 Å². The van der Waals surface area contributed by atoms with E-state index < -0.39 is 4.92 Å². The first-order valence-electron chi connectivity index (χ1n) is 7.75. The molecule has 3 aromatic rings. The summed E-state index contributed by atoms with van der Waals surface area (Å²) in [6.45, 7) is 0. The van der Waals surface area contributed by atoms with Crippen LogP contribution in [0.15, 0.2) is 72.8 Å². The summed E-state index contributed by atoms with van der Waals surface area (Å²) >= 11 is 0. The zero-order chi connectivity index (χ0) is 18.4. The van der Waals surface area contributed by atoms with Crippen molar-refractivity contribution >= 4 is 12.0 Å². The first kappa shape index (κ1) is 16.9. The molecule has 0 aromatic heterocycles. The lowest BCUT2D eigenvalue weighted by molar-refractivity contribution is -0.384. The number of non-ortho nitro benzene ring substituents is 1. The van der Waals surface area contributed by atoms with E-state index >= 15 is 0 Å². The van der Waals surface area contributed by atoms with Gasteiger partial charge < -0.3 is 4.74 Å². The molecule has 3 aromatic carbocycles. The van der Waals surface area contributed by atoms with Crippen LogP contribution in [0.25, 0.3) is 0 Å². The summed E-state index contributed by atoms with van der Waals surface area (Å²) in [7, 11) is 0. The number of rotatable bonds is 4. The Morgan fingerprint density at radius 2 is 1.62 bits per heavy atom. The number of hydrogen-bond acceptors (Lipinski definition) is 4. The van der Waals surface area contributed by atoms with Gasteiger partial charge in [-0.1, -0.05) is 42.2 Å². The number of nitro benzene ring substituents is 1. The number of aldehydes is 1. The van der Waals surface area contributed by atoms with Crippen molar-refractivity contribution in [2.24, 2.45) is 0 Å². The van der Waals surface area contributed by atoms with E-state index in [2.05, 4.69) is 11.8 Å². The minimum Gasteiger partial charge on any atom is -0.455 e. The van der Waals surface area contributed by atoms with E-state index in [1.54, 1.807) is 18.2 Å². The van der Waals surface area contributed by atoms with E-state index in [0.717, 1.165) is 5.56 Å². The zero-order valence-corrected chi connectivity index (χ0v) is 13.6. The number of carbonyl (C=O) groups is 1. The molecule has 0 aliphatic rings. The highest BCUT2D eigenvalue weighted by atomic mass is 16.6. The highest BCUT2D eigenvalue weighted by Crippen LogP contribution is 2.29. The first-order chi connectivity index (χ1) is 12.7. The SMILES string of the molecule is O=Cc1cc([N+](=O)[O-])ccc1Oc1ccccc1C#Cc1ccccc1. The molecule has 0 aliphatic heterocycles. The number of nitro groups is 1. The molecule has 0 bridgehead atoms. The molecule has 3 rings (SSSR count). The molecule has 0 saturated carbocycles. The number of para-hydroxylation sites is 1. The Morgan fingerprint density at radius 1 is 0.885 bits per heavy atom. The van der Waals surface area contributed by atoms with Crippen molar-refractivity contribution in [3.63, 3.8) is 0 Å². The van der Waals surface area contributed by atoms with Gasteiger partial charge in [0.2, 0.25) is 0 Å². The Kier molecular flexibility index (Phi) is 5.06. The maximum atomic E-state index is 11.3. The Labute approximate surface area is 150 Å². The zero-order valence-electron chi connectivity index (χ0n) is 13.6. The second-order valence-corrected chi connectivity index (χ2v) is 5.31. The van der Waals surface area contributed by atoms with E-state index in [1.165, 1.54) is 18.2 Å². The molecule has 0 saturated heterocycles. The lowest BCUT2D eigenvalue weighted by Crippen LogP contribution is -1.95. The Balaban J connectivity index is 1.93. The van der Waals surface area contributed by atoms with Gasteiger partial charge in [0.1, 0.15) is 11.5 Å². The van der Waals surface area contributed by atoms with Gasteiger partial charge in [0.25, 0.3) is 5.69 Å². The predicted octanol–water partition coefficient (Wildman–Crippen LogP) is 4.60. The molecule has 0 amide bonds. The molecule has 0 heterocycles. The second kappa shape index (κ2) is 7.77. The lowest BCUT2D eigenvalue weighted by atomic mass is 10.1. The average molecular weight is 343 g/mol. The predicted molar refractivity (Wildman–Crippen MR) is 97.4 cm³/mol.